The number of hydrogen-bond acceptors (Lipinski definition) is 0. The molecule has 402 valence electrons. The Morgan fingerprint density at radius 2 is 0.619 bits per heavy atom. The molecule has 0 aliphatic carbocycles. The zero-order chi connectivity index (χ0) is 56.6. The molecule has 13 aromatic carbocycles. The van der Waals surface area contributed by atoms with E-state index in [2.05, 4.69) is 317 Å². The van der Waals surface area contributed by atoms with Gasteiger partial charge in [-0.25, -0.2) is 0 Å². The molecule has 84 heavy (non-hydrogen) atoms. The second-order valence-electron chi connectivity index (χ2n) is 23.8. The zero-order valence-corrected chi connectivity index (χ0v) is 48.3. The van der Waals surface area contributed by atoms with Crippen LogP contribution in [0.25, 0.3) is 143 Å². The highest BCUT2D eigenvalue weighted by Crippen LogP contribution is 2.47. The number of nitrogens with zero attached hydrogens (tertiary/aromatic N) is 2. The highest BCUT2D eigenvalue weighted by Gasteiger charge is 2.24. The fourth-order valence-corrected chi connectivity index (χ4v) is 13.8. The van der Waals surface area contributed by atoms with Gasteiger partial charge in [-0.05, 0) is 197 Å². The van der Waals surface area contributed by atoms with E-state index in [1.54, 1.807) is 0 Å². The Bertz CT molecular complexity index is 5030. The van der Waals surface area contributed by atoms with Gasteiger partial charge in [0.15, 0.2) is 0 Å². The monoisotopic (exact) mass is 1080 g/mol. The number of benzene rings is 13. The first kappa shape index (κ1) is 50.9. The van der Waals surface area contributed by atoms with Gasteiger partial charge in [-0.15, -0.1) is 0 Å². The minimum Gasteiger partial charge on any atom is -0.309 e. The molecule has 0 spiro atoms. The lowest BCUT2D eigenvalue weighted by Crippen LogP contribution is -2.16. The fourth-order valence-electron chi connectivity index (χ4n) is 13.8. The van der Waals surface area contributed by atoms with E-state index in [1.807, 2.05) is 0 Å². The first-order chi connectivity index (χ1) is 41.2. The second kappa shape index (κ2) is 20.4. The molecule has 0 amide bonds. The summed E-state index contributed by atoms with van der Waals surface area (Å²) in [5.74, 6) is 0. The standard InChI is InChI=1S/C82H64N2/c1-6-47-82(4,5)65-43-44-72-75(52-65)81(62-39-35-58(36-40-62)56-27-31-60(32-28-56)64-42-46-79-74(51-64)69-20-10-12-24-77(69)84(79)67-18-14-16-54(3)49-67)71-22-8-7-21-70(71)80(72)61-37-33-57(34-38-61)55-25-29-59(30-26-55)63-41-45-78-73(50-63)68-19-9-11-23-76(68)83(78)66-17-13-15-53(2)48-66/h7-46,48-52H,6,47H2,1-5H3. The Balaban J connectivity index is 0.751. The number of fused-ring (bicyclic) bond motifs is 8. The topological polar surface area (TPSA) is 9.86 Å². The van der Waals surface area contributed by atoms with E-state index < -0.39 is 0 Å². The fraction of sp³-hybridized carbons (Fsp3) is 0.0976. The van der Waals surface area contributed by atoms with Gasteiger partial charge in [0.2, 0.25) is 0 Å². The van der Waals surface area contributed by atoms with Gasteiger partial charge >= 0.3 is 0 Å². The van der Waals surface area contributed by atoms with E-state index in [9.17, 15) is 0 Å². The third-order valence-corrected chi connectivity index (χ3v) is 18.0. The minimum atomic E-state index is 0.0278. The SMILES string of the molecule is CCCC(C)(C)c1ccc2c(-c3ccc(-c4ccc(-c5ccc6c(c5)c5ccccc5n6-c5cccc(C)c5)cc4)cc3)c3ccccc3c(-c3ccc(-c4ccc(-c5ccc6c(c5)c5ccccc5n6-c5cccc(C)c5)cc4)cc3)c2c1. The molecule has 0 saturated carbocycles. The van der Waals surface area contributed by atoms with Crippen molar-refractivity contribution in [1.82, 2.24) is 9.13 Å². The van der Waals surface area contributed by atoms with Gasteiger partial charge in [-0.2, -0.15) is 0 Å². The molecule has 2 aromatic heterocycles. The normalized spacial score (nSPS) is 12.0. The first-order valence-electron chi connectivity index (χ1n) is 29.8. The van der Waals surface area contributed by atoms with Crippen LogP contribution in [0.3, 0.4) is 0 Å². The molecule has 0 atom stereocenters. The third-order valence-electron chi connectivity index (χ3n) is 18.0. The molecule has 2 nitrogen and oxygen atoms in total. The summed E-state index contributed by atoms with van der Waals surface area (Å²) in [7, 11) is 0. The number of aromatic nitrogens is 2. The van der Waals surface area contributed by atoms with Gasteiger partial charge in [-0.3, -0.25) is 0 Å². The van der Waals surface area contributed by atoms with Crippen molar-refractivity contribution in [1.29, 1.82) is 0 Å². The van der Waals surface area contributed by atoms with Crippen molar-refractivity contribution in [2.24, 2.45) is 0 Å². The molecule has 0 N–H and O–H groups in total. The van der Waals surface area contributed by atoms with Crippen LogP contribution in [-0.4, -0.2) is 9.13 Å². The van der Waals surface area contributed by atoms with Crippen molar-refractivity contribution >= 4 is 65.2 Å². The molecule has 0 fully saturated rings. The highest BCUT2D eigenvalue weighted by atomic mass is 15.0. The molecule has 0 bridgehead atoms. The summed E-state index contributed by atoms with van der Waals surface area (Å²) in [4.78, 5) is 0. The van der Waals surface area contributed by atoms with Crippen molar-refractivity contribution in [2.45, 2.75) is 52.9 Å². The van der Waals surface area contributed by atoms with Crippen molar-refractivity contribution < 1.29 is 0 Å². The molecular weight excluding hydrogens is 1010 g/mol. The molecule has 0 aliphatic rings. The Morgan fingerprint density at radius 3 is 1.04 bits per heavy atom. The zero-order valence-electron chi connectivity index (χ0n) is 48.3. The summed E-state index contributed by atoms with van der Waals surface area (Å²) in [6.45, 7) is 11.4. The van der Waals surface area contributed by atoms with Gasteiger partial charge < -0.3 is 9.13 Å². The molecule has 2 heterocycles. The summed E-state index contributed by atoms with van der Waals surface area (Å²) in [6.07, 6.45) is 2.25. The van der Waals surface area contributed by atoms with E-state index in [0.717, 1.165) is 12.8 Å². The highest BCUT2D eigenvalue weighted by molar-refractivity contribution is 6.22. The van der Waals surface area contributed by atoms with Crippen LogP contribution >= 0.6 is 0 Å². The van der Waals surface area contributed by atoms with Crippen molar-refractivity contribution in [3.8, 4) is 78.1 Å². The number of para-hydroxylation sites is 2. The molecule has 0 unspecified atom stereocenters. The lowest BCUT2D eigenvalue weighted by Gasteiger charge is -2.26. The third kappa shape index (κ3) is 8.72. The van der Waals surface area contributed by atoms with E-state index in [0.29, 0.717) is 0 Å². The summed E-state index contributed by atoms with van der Waals surface area (Å²) in [5, 5.41) is 10.1. The van der Waals surface area contributed by atoms with Gasteiger partial charge in [-0.1, -0.05) is 233 Å². The smallest absolute Gasteiger partial charge is 0.0541 e. The van der Waals surface area contributed by atoms with E-state index in [-0.39, 0.29) is 5.41 Å². The summed E-state index contributed by atoms with van der Waals surface area (Å²) < 4.78 is 4.79. The van der Waals surface area contributed by atoms with Crippen LogP contribution in [0.5, 0.6) is 0 Å². The van der Waals surface area contributed by atoms with Crippen LogP contribution in [0, 0.1) is 13.8 Å². The van der Waals surface area contributed by atoms with Crippen molar-refractivity contribution in [3.05, 3.63) is 290 Å². The maximum Gasteiger partial charge on any atom is 0.0541 e. The largest absolute Gasteiger partial charge is 0.309 e. The second-order valence-corrected chi connectivity index (χ2v) is 23.8. The Hall–Kier alpha value is -10.0. The quantitative estimate of drug-likeness (QED) is 0.114. The number of aryl methyl sites for hydroxylation is 2. The van der Waals surface area contributed by atoms with Crippen LogP contribution < -0.4 is 0 Å². The molecule has 0 radical (unpaired) electrons. The average Bonchev–Trinajstić information content (AvgIpc) is 2.30. The lowest BCUT2D eigenvalue weighted by atomic mass is 9.78. The molecule has 0 aliphatic heterocycles. The Labute approximate surface area is 492 Å². The average molecular weight is 1080 g/mol. The van der Waals surface area contributed by atoms with Gasteiger partial charge in [0.25, 0.3) is 0 Å². The van der Waals surface area contributed by atoms with Crippen LogP contribution in [-0.2, 0) is 5.41 Å². The molecule has 15 rings (SSSR count). The Morgan fingerprint density at radius 1 is 0.274 bits per heavy atom. The molecule has 15 aromatic rings. The summed E-state index contributed by atoms with van der Waals surface area (Å²) in [6, 6.07) is 102. The first-order valence-corrected chi connectivity index (χ1v) is 29.8. The predicted molar refractivity (Wildman–Crippen MR) is 360 cm³/mol. The number of rotatable bonds is 11. The summed E-state index contributed by atoms with van der Waals surface area (Å²) in [5.41, 5.74) is 25.8. The summed E-state index contributed by atoms with van der Waals surface area (Å²) >= 11 is 0. The van der Waals surface area contributed by atoms with Crippen molar-refractivity contribution in [3.63, 3.8) is 0 Å². The minimum absolute atomic E-state index is 0.0278. The van der Waals surface area contributed by atoms with E-state index in [1.165, 1.54) is 160 Å². The van der Waals surface area contributed by atoms with Gasteiger partial charge in [0, 0.05) is 32.9 Å². The molecule has 2 heteroatoms. The molecular formula is C82H64N2. The maximum atomic E-state index is 2.51. The lowest BCUT2D eigenvalue weighted by molar-refractivity contribution is 0.473. The predicted octanol–water partition coefficient (Wildman–Crippen LogP) is 22.9. The van der Waals surface area contributed by atoms with Crippen LogP contribution in [0.2, 0.25) is 0 Å². The van der Waals surface area contributed by atoms with E-state index in [4.69, 9.17) is 0 Å². The Kier molecular flexibility index (Phi) is 12.4. The van der Waals surface area contributed by atoms with Crippen LogP contribution in [0.1, 0.15) is 50.3 Å². The van der Waals surface area contributed by atoms with Gasteiger partial charge in [0.1, 0.15) is 0 Å². The van der Waals surface area contributed by atoms with Crippen LogP contribution in [0.15, 0.2) is 273 Å². The maximum absolute atomic E-state index is 2.51. The van der Waals surface area contributed by atoms with Crippen LogP contribution in [0.4, 0.5) is 0 Å². The van der Waals surface area contributed by atoms with E-state index >= 15 is 0 Å². The number of hydrogen-bond donors (Lipinski definition) is 0. The molecule has 0 saturated heterocycles. The van der Waals surface area contributed by atoms with Crippen molar-refractivity contribution in [2.75, 3.05) is 0 Å². The van der Waals surface area contributed by atoms with Gasteiger partial charge in [0.05, 0.1) is 22.1 Å².